The minimum Gasteiger partial charge on any atom is -0.508 e. The maximum atomic E-state index is 12.6. The second kappa shape index (κ2) is 7.62. The van der Waals surface area contributed by atoms with Gasteiger partial charge in [0.25, 0.3) is 5.91 Å². The number of benzene rings is 1. The summed E-state index contributed by atoms with van der Waals surface area (Å²) in [5, 5.41) is 10.2. The molecule has 0 radical (unpaired) electrons. The lowest BCUT2D eigenvalue weighted by Crippen LogP contribution is -2.50. The monoisotopic (exact) mass is 371 g/mol. The van der Waals surface area contributed by atoms with E-state index in [4.69, 9.17) is 9.15 Å². The normalized spacial score (nSPS) is 22.4. The molecular formula is C21H25NO5. The lowest BCUT2D eigenvalue weighted by atomic mass is 9.78. The van der Waals surface area contributed by atoms with Crippen LogP contribution in [0.2, 0.25) is 0 Å². The van der Waals surface area contributed by atoms with Crippen LogP contribution in [0.1, 0.15) is 44.1 Å². The summed E-state index contributed by atoms with van der Waals surface area (Å²) in [6, 6.07) is 5.08. The Labute approximate surface area is 158 Å². The van der Waals surface area contributed by atoms with E-state index in [1.54, 1.807) is 12.1 Å². The number of likely N-dealkylation sites (tertiary alicyclic amines) is 1. The molecule has 2 aromatic rings. The molecule has 2 fully saturated rings. The summed E-state index contributed by atoms with van der Waals surface area (Å²) in [5.41, 5.74) is 1.21. The molecule has 6 heteroatoms. The van der Waals surface area contributed by atoms with Crippen LogP contribution in [0.5, 0.6) is 5.75 Å². The van der Waals surface area contributed by atoms with Crippen molar-refractivity contribution in [3.63, 3.8) is 0 Å². The van der Waals surface area contributed by atoms with Crippen LogP contribution >= 0.6 is 0 Å². The van der Waals surface area contributed by atoms with Gasteiger partial charge in [0.2, 0.25) is 0 Å². The van der Waals surface area contributed by atoms with Crippen molar-refractivity contribution in [3.8, 4) is 5.75 Å². The standard InChI is InChI=1S/C21H25NO5/c23-16-7-8-17-15(12-26-19(17)11-16)10-21(25)27-13-20(24)22-9-3-5-14-4-1-2-6-18(14)22/h7-8,11-12,14,18,23H,1-6,9-10,13H2/t14-,18+/m0/s1. The van der Waals surface area contributed by atoms with Gasteiger partial charge in [-0.25, -0.2) is 0 Å². The van der Waals surface area contributed by atoms with E-state index in [1.807, 2.05) is 4.90 Å². The number of esters is 1. The van der Waals surface area contributed by atoms with Gasteiger partial charge < -0.3 is 19.2 Å². The van der Waals surface area contributed by atoms with Gasteiger partial charge in [0.1, 0.15) is 11.3 Å². The number of hydrogen-bond donors (Lipinski definition) is 1. The number of phenolic OH excluding ortho intramolecular Hbond substituents is 1. The van der Waals surface area contributed by atoms with Crippen LogP contribution in [-0.4, -0.2) is 41.1 Å². The summed E-state index contributed by atoms with van der Waals surface area (Å²) in [6.45, 7) is 0.575. The van der Waals surface area contributed by atoms with Crippen molar-refractivity contribution in [1.29, 1.82) is 0 Å². The molecule has 1 amide bonds. The molecule has 1 saturated heterocycles. The molecule has 0 spiro atoms. The number of nitrogens with zero attached hydrogens (tertiary/aromatic N) is 1. The van der Waals surface area contributed by atoms with Gasteiger partial charge >= 0.3 is 5.97 Å². The van der Waals surface area contributed by atoms with Crippen LogP contribution in [0.25, 0.3) is 11.0 Å². The number of hydrogen-bond acceptors (Lipinski definition) is 5. The van der Waals surface area contributed by atoms with Crippen LogP contribution < -0.4 is 0 Å². The number of rotatable bonds is 4. The topological polar surface area (TPSA) is 80.0 Å². The zero-order valence-corrected chi connectivity index (χ0v) is 15.4. The Bertz CT molecular complexity index is 840. The van der Waals surface area contributed by atoms with E-state index in [1.165, 1.54) is 38.0 Å². The number of carbonyl (C=O) groups is 2. The van der Waals surface area contributed by atoms with E-state index in [-0.39, 0.29) is 24.7 Å². The number of furan rings is 1. The molecule has 27 heavy (non-hydrogen) atoms. The average Bonchev–Trinajstić information content (AvgIpc) is 3.07. The molecule has 1 saturated carbocycles. The summed E-state index contributed by atoms with van der Waals surface area (Å²) in [4.78, 5) is 26.8. The molecule has 1 aromatic heterocycles. The molecule has 4 rings (SSSR count). The maximum absolute atomic E-state index is 12.6. The fraction of sp³-hybridized carbons (Fsp3) is 0.524. The first-order chi connectivity index (χ1) is 13.1. The zero-order chi connectivity index (χ0) is 18.8. The molecule has 2 atom stereocenters. The molecular weight excluding hydrogens is 346 g/mol. The van der Waals surface area contributed by atoms with Crippen molar-refractivity contribution in [2.24, 2.45) is 5.92 Å². The number of phenols is 1. The molecule has 1 aliphatic carbocycles. The Hall–Kier alpha value is -2.50. The van der Waals surface area contributed by atoms with Crippen LogP contribution in [-0.2, 0) is 20.7 Å². The first-order valence-electron chi connectivity index (χ1n) is 9.76. The van der Waals surface area contributed by atoms with Crippen molar-refractivity contribution >= 4 is 22.8 Å². The van der Waals surface area contributed by atoms with E-state index in [0.717, 1.165) is 24.8 Å². The first-order valence-corrected chi connectivity index (χ1v) is 9.76. The van der Waals surface area contributed by atoms with Crippen LogP contribution in [0.15, 0.2) is 28.9 Å². The summed E-state index contributed by atoms with van der Waals surface area (Å²) < 4.78 is 10.6. The van der Waals surface area contributed by atoms with E-state index in [0.29, 0.717) is 23.1 Å². The van der Waals surface area contributed by atoms with Crippen LogP contribution in [0.4, 0.5) is 0 Å². The molecule has 1 aliphatic heterocycles. The molecule has 144 valence electrons. The number of aromatic hydroxyl groups is 1. The highest BCUT2D eigenvalue weighted by Crippen LogP contribution is 2.35. The van der Waals surface area contributed by atoms with Crippen molar-refractivity contribution in [1.82, 2.24) is 4.90 Å². The van der Waals surface area contributed by atoms with Gasteiger partial charge in [-0.05, 0) is 43.7 Å². The Balaban J connectivity index is 1.33. The molecule has 1 aromatic carbocycles. The van der Waals surface area contributed by atoms with Crippen molar-refractivity contribution in [2.45, 2.75) is 51.0 Å². The quantitative estimate of drug-likeness (QED) is 0.833. The summed E-state index contributed by atoms with van der Waals surface area (Å²) >= 11 is 0. The van der Waals surface area contributed by atoms with E-state index in [2.05, 4.69) is 0 Å². The van der Waals surface area contributed by atoms with Crippen molar-refractivity contribution in [2.75, 3.05) is 13.2 Å². The second-order valence-corrected chi connectivity index (χ2v) is 7.62. The second-order valence-electron chi connectivity index (χ2n) is 7.62. The van der Waals surface area contributed by atoms with Gasteiger partial charge in [0.05, 0.1) is 12.7 Å². The summed E-state index contributed by atoms with van der Waals surface area (Å²) in [6.07, 6.45) is 8.48. The lowest BCUT2D eigenvalue weighted by Gasteiger charge is -2.44. The molecule has 0 bridgehead atoms. The third-order valence-electron chi connectivity index (χ3n) is 5.89. The molecule has 6 nitrogen and oxygen atoms in total. The highest BCUT2D eigenvalue weighted by Gasteiger charge is 2.35. The van der Waals surface area contributed by atoms with Gasteiger partial charge in [-0.15, -0.1) is 0 Å². The SMILES string of the molecule is O=C(Cc1coc2cc(O)ccc12)OCC(=O)N1CCC[C@@H]2CCCC[C@H]21. The largest absolute Gasteiger partial charge is 0.508 e. The predicted molar refractivity (Wildman–Crippen MR) is 99.2 cm³/mol. The van der Waals surface area contributed by atoms with Crippen molar-refractivity contribution in [3.05, 3.63) is 30.0 Å². The predicted octanol–water partition coefficient (Wildman–Crippen LogP) is 3.41. The Morgan fingerprint density at radius 3 is 2.89 bits per heavy atom. The van der Waals surface area contributed by atoms with Crippen LogP contribution in [0.3, 0.4) is 0 Å². The van der Waals surface area contributed by atoms with E-state index in [9.17, 15) is 14.7 Å². The minimum atomic E-state index is -0.448. The van der Waals surface area contributed by atoms with Gasteiger partial charge in [0.15, 0.2) is 6.61 Å². The zero-order valence-electron chi connectivity index (χ0n) is 15.4. The van der Waals surface area contributed by atoms with Gasteiger partial charge in [0, 0.05) is 29.6 Å². The fourth-order valence-electron chi connectivity index (χ4n) is 4.57. The maximum Gasteiger partial charge on any atom is 0.310 e. The van der Waals surface area contributed by atoms with Crippen LogP contribution in [0, 0.1) is 5.92 Å². The minimum absolute atomic E-state index is 0.0388. The highest BCUT2D eigenvalue weighted by molar-refractivity contribution is 5.87. The molecule has 0 unspecified atom stereocenters. The molecule has 1 N–H and O–H groups in total. The number of piperidine rings is 1. The third-order valence-corrected chi connectivity index (χ3v) is 5.89. The Morgan fingerprint density at radius 1 is 1.19 bits per heavy atom. The van der Waals surface area contributed by atoms with Gasteiger partial charge in [-0.2, -0.15) is 0 Å². The molecule has 2 heterocycles. The molecule has 2 aliphatic rings. The summed E-state index contributed by atoms with van der Waals surface area (Å²) in [7, 11) is 0. The number of carbonyl (C=O) groups excluding carboxylic acids is 2. The fourth-order valence-corrected chi connectivity index (χ4v) is 4.57. The number of ether oxygens (including phenoxy) is 1. The Kier molecular flexibility index (Phi) is 5.05. The van der Waals surface area contributed by atoms with Gasteiger partial charge in [-0.1, -0.05) is 12.8 Å². The third kappa shape index (κ3) is 3.80. The number of fused-ring (bicyclic) bond motifs is 2. The summed E-state index contributed by atoms with van der Waals surface area (Å²) in [5.74, 6) is 0.193. The average molecular weight is 371 g/mol. The van der Waals surface area contributed by atoms with Gasteiger partial charge in [-0.3, -0.25) is 9.59 Å². The first kappa shape index (κ1) is 17.9. The lowest BCUT2D eigenvalue weighted by molar-refractivity contribution is -0.154. The smallest absolute Gasteiger partial charge is 0.310 e. The van der Waals surface area contributed by atoms with E-state index >= 15 is 0 Å². The number of amides is 1. The van der Waals surface area contributed by atoms with E-state index < -0.39 is 5.97 Å². The van der Waals surface area contributed by atoms with Crippen molar-refractivity contribution < 1.29 is 23.8 Å². The Morgan fingerprint density at radius 2 is 2.00 bits per heavy atom. The highest BCUT2D eigenvalue weighted by atomic mass is 16.5.